The zero-order valence-corrected chi connectivity index (χ0v) is 5.65. The third-order valence-corrected chi connectivity index (χ3v) is 0.848. The van der Waals surface area contributed by atoms with Crippen molar-refractivity contribution in [2.75, 3.05) is 6.67 Å². The highest BCUT2D eigenvalue weighted by Gasteiger charge is 1.86. The maximum atomic E-state index is 11.8. The largest absolute Gasteiger partial charge is 0.246 e. The molecule has 0 rings (SSSR count). The van der Waals surface area contributed by atoms with Crippen molar-refractivity contribution in [1.82, 2.24) is 0 Å². The fourth-order valence-corrected chi connectivity index (χ4v) is 0.469. The van der Waals surface area contributed by atoms with Gasteiger partial charge in [-0.1, -0.05) is 30.9 Å². The lowest BCUT2D eigenvalue weighted by Crippen LogP contribution is -1.78. The first-order valence-corrected chi connectivity index (χ1v) is 2.75. The molecule has 9 heavy (non-hydrogen) atoms. The minimum absolute atomic E-state index is 0.462. The SMILES string of the molecule is C=C/C(=C\C(=C)C)CF. The first-order chi connectivity index (χ1) is 4.20. The summed E-state index contributed by atoms with van der Waals surface area (Å²) in [5, 5.41) is 0. The number of allylic oxidation sites excluding steroid dienone is 4. The molecule has 0 amide bonds. The van der Waals surface area contributed by atoms with Gasteiger partial charge in [-0.25, -0.2) is 4.39 Å². The van der Waals surface area contributed by atoms with E-state index in [0.29, 0.717) is 5.57 Å². The Hall–Kier alpha value is -0.850. The van der Waals surface area contributed by atoms with Crippen LogP contribution in [0.1, 0.15) is 6.92 Å². The van der Waals surface area contributed by atoms with Gasteiger partial charge >= 0.3 is 0 Å². The summed E-state index contributed by atoms with van der Waals surface area (Å²) < 4.78 is 11.8. The van der Waals surface area contributed by atoms with Gasteiger partial charge in [0, 0.05) is 0 Å². The van der Waals surface area contributed by atoms with Gasteiger partial charge in [0.25, 0.3) is 0 Å². The van der Waals surface area contributed by atoms with Crippen LogP contribution in [0.15, 0.2) is 36.5 Å². The van der Waals surface area contributed by atoms with E-state index in [-0.39, 0.29) is 0 Å². The maximum Gasteiger partial charge on any atom is 0.115 e. The first-order valence-electron chi connectivity index (χ1n) is 2.75. The second-order valence-electron chi connectivity index (χ2n) is 1.90. The number of hydrogen-bond donors (Lipinski definition) is 0. The summed E-state index contributed by atoms with van der Waals surface area (Å²) in [7, 11) is 0. The van der Waals surface area contributed by atoms with Crippen molar-refractivity contribution >= 4 is 0 Å². The van der Waals surface area contributed by atoms with E-state index in [1.165, 1.54) is 6.08 Å². The molecule has 0 N–H and O–H groups in total. The fraction of sp³-hybridized carbons (Fsp3) is 0.250. The zero-order chi connectivity index (χ0) is 7.28. The van der Waals surface area contributed by atoms with Crippen molar-refractivity contribution in [1.29, 1.82) is 0 Å². The van der Waals surface area contributed by atoms with Gasteiger partial charge in [0.1, 0.15) is 6.67 Å². The molecule has 0 aliphatic heterocycles. The van der Waals surface area contributed by atoms with Gasteiger partial charge in [-0.05, 0) is 12.5 Å². The molecule has 0 saturated carbocycles. The highest BCUT2D eigenvalue weighted by atomic mass is 19.1. The summed E-state index contributed by atoms with van der Waals surface area (Å²) in [5.41, 5.74) is 1.44. The Labute approximate surface area is 55.4 Å². The van der Waals surface area contributed by atoms with Crippen molar-refractivity contribution < 1.29 is 4.39 Å². The van der Waals surface area contributed by atoms with E-state index >= 15 is 0 Å². The number of rotatable bonds is 3. The normalized spacial score (nSPS) is 11.1. The zero-order valence-electron chi connectivity index (χ0n) is 5.65. The van der Waals surface area contributed by atoms with Crippen LogP contribution < -0.4 is 0 Å². The van der Waals surface area contributed by atoms with Crippen molar-refractivity contribution in [2.45, 2.75) is 6.92 Å². The third-order valence-electron chi connectivity index (χ3n) is 0.848. The quantitative estimate of drug-likeness (QED) is 0.510. The molecule has 0 aromatic carbocycles. The Bertz CT molecular complexity index is 143. The topological polar surface area (TPSA) is 0 Å². The van der Waals surface area contributed by atoms with Gasteiger partial charge in [0.05, 0.1) is 0 Å². The predicted octanol–water partition coefficient (Wildman–Crippen LogP) is 2.64. The molecule has 0 aromatic heterocycles. The lowest BCUT2D eigenvalue weighted by Gasteiger charge is -1.91. The predicted molar refractivity (Wildman–Crippen MR) is 39.1 cm³/mol. The molecule has 0 nitrogen and oxygen atoms in total. The lowest BCUT2D eigenvalue weighted by atomic mass is 10.2. The van der Waals surface area contributed by atoms with Gasteiger partial charge in [-0.3, -0.25) is 0 Å². The maximum absolute atomic E-state index is 11.8. The van der Waals surface area contributed by atoms with Crippen molar-refractivity contribution in [3.05, 3.63) is 36.5 Å². The van der Waals surface area contributed by atoms with Crippen molar-refractivity contribution in [2.24, 2.45) is 0 Å². The van der Waals surface area contributed by atoms with Crippen LogP contribution in [0.3, 0.4) is 0 Å². The van der Waals surface area contributed by atoms with Crippen LogP contribution >= 0.6 is 0 Å². The van der Waals surface area contributed by atoms with E-state index in [9.17, 15) is 4.39 Å². The second kappa shape index (κ2) is 4.07. The standard InChI is InChI=1S/C8H11F/c1-4-8(6-9)5-7(2)3/h4-5H,1-2,6H2,3H3/b8-5+. The molecule has 0 aliphatic rings. The molecule has 0 heterocycles. The number of hydrogen-bond acceptors (Lipinski definition) is 0. The average molecular weight is 126 g/mol. The molecule has 0 aliphatic carbocycles. The van der Waals surface area contributed by atoms with Crippen molar-refractivity contribution in [3.63, 3.8) is 0 Å². The van der Waals surface area contributed by atoms with Gasteiger partial charge in [-0.15, -0.1) is 0 Å². The highest BCUT2D eigenvalue weighted by Crippen LogP contribution is 2.00. The molecule has 0 atom stereocenters. The number of alkyl halides is 1. The summed E-state index contributed by atoms with van der Waals surface area (Å²) in [5.74, 6) is 0. The monoisotopic (exact) mass is 126 g/mol. The molecule has 0 aromatic rings. The Morgan fingerprint density at radius 3 is 2.33 bits per heavy atom. The molecule has 0 saturated heterocycles. The Morgan fingerprint density at radius 2 is 2.22 bits per heavy atom. The smallest absolute Gasteiger partial charge is 0.115 e. The average Bonchev–Trinajstić information content (AvgIpc) is 1.82. The van der Waals surface area contributed by atoms with Crippen LogP contribution in [0, 0.1) is 0 Å². The Kier molecular flexibility index (Phi) is 3.69. The van der Waals surface area contributed by atoms with E-state index < -0.39 is 6.67 Å². The van der Waals surface area contributed by atoms with Crippen LogP contribution in [0.2, 0.25) is 0 Å². The summed E-state index contributed by atoms with van der Waals surface area (Å²) in [6.45, 7) is 8.39. The molecule has 1 heteroatoms. The molecule has 0 fully saturated rings. The van der Waals surface area contributed by atoms with Gasteiger partial charge < -0.3 is 0 Å². The minimum Gasteiger partial charge on any atom is -0.246 e. The summed E-state index contributed by atoms with van der Waals surface area (Å²) in [4.78, 5) is 0. The van der Waals surface area contributed by atoms with Crippen LogP contribution in [0.25, 0.3) is 0 Å². The van der Waals surface area contributed by atoms with Crippen LogP contribution in [0.5, 0.6) is 0 Å². The first kappa shape index (κ1) is 8.15. The van der Waals surface area contributed by atoms with Gasteiger partial charge in [-0.2, -0.15) is 0 Å². The number of halogens is 1. The molecule has 50 valence electrons. The molecule has 0 bridgehead atoms. The van der Waals surface area contributed by atoms with Crippen LogP contribution in [0.4, 0.5) is 4.39 Å². The van der Waals surface area contributed by atoms with E-state index in [2.05, 4.69) is 13.2 Å². The lowest BCUT2D eigenvalue weighted by molar-refractivity contribution is 0.549. The molecular formula is C8H11F. The highest BCUT2D eigenvalue weighted by molar-refractivity contribution is 5.26. The van der Waals surface area contributed by atoms with Crippen LogP contribution in [-0.4, -0.2) is 6.67 Å². The Morgan fingerprint density at radius 1 is 1.67 bits per heavy atom. The third kappa shape index (κ3) is 3.71. The molecule has 0 unspecified atom stereocenters. The second-order valence-corrected chi connectivity index (χ2v) is 1.90. The van der Waals surface area contributed by atoms with Crippen molar-refractivity contribution in [3.8, 4) is 0 Å². The minimum atomic E-state index is -0.462. The van der Waals surface area contributed by atoms with E-state index in [0.717, 1.165) is 5.57 Å². The Balaban J connectivity index is 4.07. The van der Waals surface area contributed by atoms with Gasteiger partial charge in [0.15, 0.2) is 0 Å². The summed E-state index contributed by atoms with van der Waals surface area (Å²) in [6, 6.07) is 0. The molecule has 0 spiro atoms. The fourth-order valence-electron chi connectivity index (χ4n) is 0.469. The summed E-state index contributed by atoms with van der Waals surface area (Å²) >= 11 is 0. The van der Waals surface area contributed by atoms with Crippen LogP contribution in [-0.2, 0) is 0 Å². The summed E-state index contributed by atoms with van der Waals surface area (Å²) in [6.07, 6.45) is 3.17. The van der Waals surface area contributed by atoms with E-state index in [4.69, 9.17) is 0 Å². The molecule has 0 radical (unpaired) electrons. The van der Waals surface area contributed by atoms with E-state index in [1.54, 1.807) is 6.08 Å². The van der Waals surface area contributed by atoms with Gasteiger partial charge in [0.2, 0.25) is 0 Å². The van der Waals surface area contributed by atoms with E-state index in [1.807, 2.05) is 6.92 Å². The molecular weight excluding hydrogens is 115 g/mol.